The molecule has 0 unspecified atom stereocenters. The van der Waals surface area contributed by atoms with Crippen LogP contribution in [0.1, 0.15) is 36.0 Å². The molecule has 0 bridgehead atoms. The van der Waals surface area contributed by atoms with Gasteiger partial charge in [-0.15, -0.1) is 0 Å². The normalized spacial score (nSPS) is 25.9. The maximum Gasteiger partial charge on any atom is 0.253 e. The molecule has 1 aromatic carbocycles. The molecule has 1 spiro atoms. The number of sulfonamides is 1. The minimum atomic E-state index is -3.25. The Morgan fingerprint density at radius 2 is 1.74 bits per heavy atom. The summed E-state index contributed by atoms with van der Waals surface area (Å²) in [4.78, 5) is 14.5. The van der Waals surface area contributed by atoms with Gasteiger partial charge in [0.05, 0.1) is 11.8 Å². The van der Waals surface area contributed by atoms with Crippen LogP contribution in [0.5, 0.6) is 0 Å². The van der Waals surface area contributed by atoms with E-state index in [9.17, 15) is 13.2 Å². The van der Waals surface area contributed by atoms with E-state index in [4.69, 9.17) is 11.6 Å². The van der Waals surface area contributed by atoms with E-state index < -0.39 is 15.6 Å². The molecule has 23 heavy (non-hydrogen) atoms. The van der Waals surface area contributed by atoms with Crippen LogP contribution in [-0.4, -0.2) is 55.0 Å². The van der Waals surface area contributed by atoms with Crippen LogP contribution in [0.15, 0.2) is 24.3 Å². The van der Waals surface area contributed by atoms with Gasteiger partial charge in [-0.05, 0) is 49.9 Å². The van der Waals surface area contributed by atoms with Gasteiger partial charge in [0, 0.05) is 30.2 Å². The van der Waals surface area contributed by atoms with Crippen molar-refractivity contribution in [1.82, 2.24) is 9.21 Å². The maximum atomic E-state index is 12.7. The lowest BCUT2D eigenvalue weighted by Crippen LogP contribution is -2.58. The molecular weight excluding hydrogens is 336 g/mol. The molecule has 2 heterocycles. The van der Waals surface area contributed by atoms with Crippen molar-refractivity contribution in [2.75, 3.05) is 25.9 Å². The van der Waals surface area contributed by atoms with Gasteiger partial charge in [0.15, 0.2) is 0 Å². The smallest absolute Gasteiger partial charge is 0.253 e. The molecule has 1 amide bonds. The fourth-order valence-corrected chi connectivity index (χ4v) is 5.43. The van der Waals surface area contributed by atoms with E-state index in [1.165, 1.54) is 6.26 Å². The average molecular weight is 357 g/mol. The molecule has 3 rings (SSSR count). The second-order valence-electron chi connectivity index (χ2n) is 6.50. The van der Waals surface area contributed by atoms with E-state index in [-0.39, 0.29) is 5.91 Å². The van der Waals surface area contributed by atoms with E-state index in [2.05, 4.69) is 0 Å². The SMILES string of the molecule is CS(=O)(=O)N1CCC[C@@]12CCCN(C(=O)c1ccc(Cl)cc1)C2. The lowest BCUT2D eigenvalue weighted by atomic mass is 9.87. The Bertz CT molecular complexity index is 705. The largest absolute Gasteiger partial charge is 0.337 e. The molecule has 2 aliphatic heterocycles. The molecule has 7 heteroatoms. The number of rotatable bonds is 2. The van der Waals surface area contributed by atoms with Crippen molar-refractivity contribution in [3.8, 4) is 0 Å². The molecule has 1 aromatic rings. The highest BCUT2D eigenvalue weighted by Crippen LogP contribution is 2.39. The van der Waals surface area contributed by atoms with Gasteiger partial charge < -0.3 is 4.90 Å². The molecule has 2 saturated heterocycles. The van der Waals surface area contributed by atoms with Crippen molar-refractivity contribution >= 4 is 27.5 Å². The predicted octanol–water partition coefficient (Wildman–Crippen LogP) is 2.37. The third-order valence-electron chi connectivity index (χ3n) is 4.87. The first-order valence-corrected chi connectivity index (χ1v) is 10.1. The number of amides is 1. The van der Waals surface area contributed by atoms with Crippen LogP contribution in [0.3, 0.4) is 0 Å². The minimum Gasteiger partial charge on any atom is -0.337 e. The summed E-state index contributed by atoms with van der Waals surface area (Å²) in [5.41, 5.74) is 0.170. The number of halogens is 1. The first kappa shape index (κ1) is 16.7. The van der Waals surface area contributed by atoms with Crippen LogP contribution in [0.25, 0.3) is 0 Å². The molecular formula is C16H21ClN2O3S. The van der Waals surface area contributed by atoms with Crippen molar-refractivity contribution in [1.29, 1.82) is 0 Å². The summed E-state index contributed by atoms with van der Waals surface area (Å²) in [6.45, 7) is 1.70. The van der Waals surface area contributed by atoms with Gasteiger partial charge in [-0.25, -0.2) is 8.42 Å². The lowest BCUT2D eigenvalue weighted by Gasteiger charge is -2.44. The summed E-state index contributed by atoms with van der Waals surface area (Å²) in [6, 6.07) is 6.84. The molecule has 0 saturated carbocycles. The van der Waals surface area contributed by atoms with Gasteiger partial charge in [0.2, 0.25) is 10.0 Å². The highest BCUT2D eigenvalue weighted by atomic mass is 35.5. The van der Waals surface area contributed by atoms with Crippen molar-refractivity contribution in [3.63, 3.8) is 0 Å². The molecule has 0 aliphatic carbocycles. The summed E-state index contributed by atoms with van der Waals surface area (Å²) in [7, 11) is -3.25. The van der Waals surface area contributed by atoms with Crippen LogP contribution in [-0.2, 0) is 10.0 Å². The summed E-state index contributed by atoms with van der Waals surface area (Å²) in [6.07, 6.45) is 4.59. The Morgan fingerprint density at radius 3 is 2.35 bits per heavy atom. The van der Waals surface area contributed by atoms with Gasteiger partial charge in [0.1, 0.15) is 0 Å². The molecule has 5 nitrogen and oxygen atoms in total. The number of likely N-dealkylation sites (tertiary alicyclic amines) is 1. The zero-order valence-electron chi connectivity index (χ0n) is 13.2. The third kappa shape index (κ3) is 3.25. The van der Waals surface area contributed by atoms with Gasteiger partial charge in [-0.3, -0.25) is 4.79 Å². The van der Waals surface area contributed by atoms with Crippen LogP contribution in [0.2, 0.25) is 5.02 Å². The first-order valence-electron chi connectivity index (χ1n) is 7.85. The second-order valence-corrected chi connectivity index (χ2v) is 8.84. The molecule has 1 atom stereocenters. The summed E-state index contributed by atoms with van der Waals surface area (Å²) < 4.78 is 25.8. The van der Waals surface area contributed by atoms with E-state index in [0.717, 1.165) is 25.7 Å². The fraction of sp³-hybridized carbons (Fsp3) is 0.562. The number of carbonyl (C=O) groups excluding carboxylic acids is 1. The monoisotopic (exact) mass is 356 g/mol. The Kier molecular flexibility index (Phi) is 4.42. The lowest BCUT2D eigenvalue weighted by molar-refractivity contribution is 0.0524. The van der Waals surface area contributed by atoms with Crippen molar-refractivity contribution in [2.45, 2.75) is 31.2 Å². The van der Waals surface area contributed by atoms with Gasteiger partial charge in [-0.2, -0.15) is 4.31 Å². The number of benzene rings is 1. The van der Waals surface area contributed by atoms with E-state index >= 15 is 0 Å². The van der Waals surface area contributed by atoms with Gasteiger partial charge in [-0.1, -0.05) is 11.6 Å². The van der Waals surface area contributed by atoms with Crippen LogP contribution < -0.4 is 0 Å². The van der Waals surface area contributed by atoms with Gasteiger partial charge in [0.25, 0.3) is 5.91 Å². The molecule has 0 radical (unpaired) electrons. The minimum absolute atomic E-state index is 0.0545. The topological polar surface area (TPSA) is 57.7 Å². The zero-order valence-corrected chi connectivity index (χ0v) is 14.7. The molecule has 2 fully saturated rings. The van der Waals surface area contributed by atoms with E-state index in [1.54, 1.807) is 33.5 Å². The number of carbonyl (C=O) groups is 1. The Morgan fingerprint density at radius 1 is 1.13 bits per heavy atom. The zero-order chi connectivity index (χ0) is 16.7. The van der Waals surface area contributed by atoms with E-state index in [0.29, 0.717) is 30.2 Å². The highest BCUT2D eigenvalue weighted by Gasteiger charge is 2.48. The Balaban J connectivity index is 1.83. The van der Waals surface area contributed by atoms with Crippen LogP contribution in [0, 0.1) is 0 Å². The van der Waals surface area contributed by atoms with Crippen molar-refractivity contribution < 1.29 is 13.2 Å². The Labute approximate surface area is 142 Å². The standard InChI is InChI=1S/C16H21ClN2O3S/c1-23(21,22)19-11-3-9-16(19)8-2-10-18(12-16)15(20)13-4-6-14(17)7-5-13/h4-7H,2-3,8-12H2,1H3/t16-/m1/s1. The van der Waals surface area contributed by atoms with E-state index in [1.807, 2.05) is 0 Å². The summed E-state index contributed by atoms with van der Waals surface area (Å²) in [5, 5.41) is 0.593. The first-order chi connectivity index (χ1) is 10.8. The molecule has 2 aliphatic rings. The number of hydrogen-bond donors (Lipinski definition) is 0. The highest BCUT2D eigenvalue weighted by molar-refractivity contribution is 7.88. The number of piperidine rings is 1. The van der Waals surface area contributed by atoms with Crippen LogP contribution in [0.4, 0.5) is 0 Å². The fourth-order valence-electron chi connectivity index (χ4n) is 3.90. The number of nitrogens with zero attached hydrogens (tertiary/aromatic N) is 2. The number of hydrogen-bond acceptors (Lipinski definition) is 3. The molecule has 0 aromatic heterocycles. The Hall–Kier alpha value is -1.11. The summed E-state index contributed by atoms with van der Waals surface area (Å²) in [5.74, 6) is -0.0545. The predicted molar refractivity (Wildman–Crippen MR) is 90.1 cm³/mol. The van der Waals surface area contributed by atoms with Crippen LogP contribution >= 0.6 is 11.6 Å². The van der Waals surface area contributed by atoms with Crippen molar-refractivity contribution in [3.05, 3.63) is 34.9 Å². The van der Waals surface area contributed by atoms with Gasteiger partial charge >= 0.3 is 0 Å². The molecule has 0 N–H and O–H groups in total. The second kappa shape index (κ2) is 6.07. The quantitative estimate of drug-likeness (QED) is 0.817. The molecule has 126 valence electrons. The maximum absolute atomic E-state index is 12.7. The third-order valence-corrected chi connectivity index (χ3v) is 6.49. The summed E-state index contributed by atoms with van der Waals surface area (Å²) >= 11 is 5.87. The van der Waals surface area contributed by atoms with Crippen molar-refractivity contribution in [2.24, 2.45) is 0 Å². The average Bonchev–Trinajstić information content (AvgIpc) is 2.90.